The molecule has 0 atom stereocenters. The molecule has 4 nitrogen and oxygen atoms in total. The summed E-state index contributed by atoms with van der Waals surface area (Å²) < 4.78 is 26.0. The molecule has 0 aliphatic rings. The molecular weight excluding hydrogens is 312 g/mol. The fourth-order valence-electron chi connectivity index (χ4n) is 2.31. The first-order valence-electron chi connectivity index (χ1n) is 7.59. The molecular formula is C18H21F2N3O. The predicted octanol–water partition coefficient (Wildman–Crippen LogP) is 3.39. The van der Waals surface area contributed by atoms with Gasteiger partial charge in [0.05, 0.1) is 6.54 Å². The standard InChI is InChI=1S/C18H21F2N3O/c1-12-13(11-23(2)3)5-4-6-17(12)22-18(24)10-21-14-7-8-15(19)16(20)9-14/h4-9,21H,10-11H2,1-3H3,(H,22,24). The first-order chi connectivity index (χ1) is 11.4. The molecule has 0 bridgehead atoms. The quantitative estimate of drug-likeness (QED) is 0.852. The van der Waals surface area contributed by atoms with Crippen LogP contribution < -0.4 is 10.6 Å². The lowest BCUT2D eigenvalue weighted by Crippen LogP contribution is -2.22. The third kappa shape index (κ3) is 4.76. The second-order valence-corrected chi connectivity index (χ2v) is 5.86. The normalized spacial score (nSPS) is 10.8. The average Bonchev–Trinajstić information content (AvgIpc) is 2.52. The zero-order chi connectivity index (χ0) is 17.7. The molecule has 0 aliphatic heterocycles. The third-order valence-electron chi connectivity index (χ3n) is 3.58. The lowest BCUT2D eigenvalue weighted by molar-refractivity contribution is -0.114. The highest BCUT2D eigenvalue weighted by molar-refractivity contribution is 5.94. The topological polar surface area (TPSA) is 44.4 Å². The summed E-state index contributed by atoms with van der Waals surface area (Å²) in [6, 6.07) is 9.17. The molecule has 24 heavy (non-hydrogen) atoms. The SMILES string of the molecule is Cc1c(CN(C)C)cccc1NC(=O)CNc1ccc(F)c(F)c1. The smallest absolute Gasteiger partial charge is 0.243 e. The minimum atomic E-state index is -0.951. The number of benzene rings is 2. The van der Waals surface area contributed by atoms with Crippen molar-refractivity contribution in [3.8, 4) is 0 Å². The first-order valence-corrected chi connectivity index (χ1v) is 7.59. The molecule has 0 saturated heterocycles. The number of anilines is 2. The van der Waals surface area contributed by atoms with E-state index in [1.54, 1.807) is 0 Å². The number of nitrogens with one attached hydrogen (secondary N) is 2. The van der Waals surface area contributed by atoms with Gasteiger partial charge < -0.3 is 15.5 Å². The Morgan fingerprint density at radius 3 is 2.54 bits per heavy atom. The highest BCUT2D eigenvalue weighted by atomic mass is 19.2. The van der Waals surface area contributed by atoms with E-state index in [2.05, 4.69) is 15.5 Å². The number of hydrogen-bond donors (Lipinski definition) is 2. The molecule has 128 valence electrons. The Hall–Kier alpha value is -2.47. The zero-order valence-electron chi connectivity index (χ0n) is 14.0. The van der Waals surface area contributed by atoms with Crippen molar-refractivity contribution in [2.75, 3.05) is 31.3 Å². The van der Waals surface area contributed by atoms with Gasteiger partial charge in [-0.15, -0.1) is 0 Å². The molecule has 0 heterocycles. The molecule has 0 aliphatic carbocycles. The Bertz CT molecular complexity index is 732. The van der Waals surface area contributed by atoms with Crippen LogP contribution in [0.1, 0.15) is 11.1 Å². The minimum Gasteiger partial charge on any atom is -0.376 e. The van der Waals surface area contributed by atoms with Crippen molar-refractivity contribution in [2.45, 2.75) is 13.5 Å². The summed E-state index contributed by atoms with van der Waals surface area (Å²) in [5.74, 6) is -2.13. The maximum Gasteiger partial charge on any atom is 0.243 e. The number of nitrogens with zero attached hydrogens (tertiary/aromatic N) is 1. The second kappa shape index (κ2) is 7.88. The molecule has 2 aromatic rings. The Kier molecular flexibility index (Phi) is 5.87. The van der Waals surface area contributed by atoms with Gasteiger partial charge in [-0.05, 0) is 50.3 Å². The second-order valence-electron chi connectivity index (χ2n) is 5.86. The van der Waals surface area contributed by atoms with Crippen LogP contribution in [0.15, 0.2) is 36.4 Å². The van der Waals surface area contributed by atoms with Crippen molar-refractivity contribution < 1.29 is 13.6 Å². The monoisotopic (exact) mass is 333 g/mol. The van der Waals surface area contributed by atoms with Crippen LogP contribution in [0.5, 0.6) is 0 Å². The minimum absolute atomic E-state index is 0.0393. The molecule has 0 radical (unpaired) electrons. The lowest BCUT2D eigenvalue weighted by atomic mass is 10.1. The fourth-order valence-corrected chi connectivity index (χ4v) is 2.31. The van der Waals surface area contributed by atoms with E-state index in [9.17, 15) is 13.6 Å². The number of hydrogen-bond acceptors (Lipinski definition) is 3. The van der Waals surface area contributed by atoms with E-state index in [0.717, 1.165) is 35.5 Å². The van der Waals surface area contributed by atoms with Crippen LogP contribution >= 0.6 is 0 Å². The van der Waals surface area contributed by atoms with Gasteiger partial charge in [-0.3, -0.25) is 4.79 Å². The van der Waals surface area contributed by atoms with E-state index >= 15 is 0 Å². The van der Waals surface area contributed by atoms with Crippen molar-refractivity contribution in [3.05, 3.63) is 59.2 Å². The van der Waals surface area contributed by atoms with Crippen molar-refractivity contribution in [3.63, 3.8) is 0 Å². The van der Waals surface area contributed by atoms with Gasteiger partial charge in [0.15, 0.2) is 11.6 Å². The molecule has 0 unspecified atom stereocenters. The number of halogens is 2. The molecule has 0 fully saturated rings. The molecule has 0 spiro atoms. The van der Waals surface area contributed by atoms with Gasteiger partial charge >= 0.3 is 0 Å². The van der Waals surface area contributed by atoms with Crippen LogP contribution in [0.2, 0.25) is 0 Å². The number of carbonyl (C=O) groups excluding carboxylic acids is 1. The van der Waals surface area contributed by atoms with E-state index in [1.165, 1.54) is 6.07 Å². The molecule has 2 N–H and O–H groups in total. The van der Waals surface area contributed by atoms with Crippen LogP contribution in [0, 0.1) is 18.6 Å². The van der Waals surface area contributed by atoms with Crippen LogP contribution in [0.4, 0.5) is 20.2 Å². The summed E-state index contributed by atoms with van der Waals surface area (Å²) in [6.07, 6.45) is 0. The predicted molar refractivity (Wildman–Crippen MR) is 92.0 cm³/mol. The van der Waals surface area contributed by atoms with Crippen molar-refractivity contribution in [2.24, 2.45) is 0 Å². The summed E-state index contributed by atoms with van der Waals surface area (Å²) in [6.45, 7) is 2.70. The lowest BCUT2D eigenvalue weighted by Gasteiger charge is -2.16. The summed E-state index contributed by atoms with van der Waals surface area (Å²) in [7, 11) is 3.97. The largest absolute Gasteiger partial charge is 0.376 e. The van der Waals surface area contributed by atoms with Crippen LogP contribution in [0.25, 0.3) is 0 Å². The van der Waals surface area contributed by atoms with E-state index in [1.807, 2.05) is 39.2 Å². The van der Waals surface area contributed by atoms with Crippen LogP contribution in [-0.2, 0) is 11.3 Å². The Balaban J connectivity index is 1.98. The van der Waals surface area contributed by atoms with Crippen molar-refractivity contribution in [1.82, 2.24) is 4.90 Å². The highest BCUT2D eigenvalue weighted by Gasteiger charge is 2.09. The van der Waals surface area contributed by atoms with Crippen LogP contribution in [0.3, 0.4) is 0 Å². The molecule has 1 amide bonds. The average molecular weight is 333 g/mol. The van der Waals surface area contributed by atoms with E-state index in [4.69, 9.17) is 0 Å². The summed E-state index contributed by atoms with van der Waals surface area (Å²) in [5, 5.41) is 5.60. The third-order valence-corrected chi connectivity index (χ3v) is 3.58. The van der Waals surface area contributed by atoms with Crippen molar-refractivity contribution in [1.29, 1.82) is 0 Å². The number of carbonyl (C=O) groups is 1. The summed E-state index contributed by atoms with van der Waals surface area (Å²) in [5.41, 5.74) is 3.23. The summed E-state index contributed by atoms with van der Waals surface area (Å²) >= 11 is 0. The van der Waals surface area contributed by atoms with Gasteiger partial charge in [-0.25, -0.2) is 8.78 Å². The van der Waals surface area contributed by atoms with Gasteiger partial charge in [0, 0.05) is 24.0 Å². The molecule has 2 aromatic carbocycles. The first kappa shape index (κ1) is 17.9. The molecule has 6 heteroatoms. The molecule has 0 aromatic heterocycles. The Morgan fingerprint density at radius 2 is 1.88 bits per heavy atom. The van der Waals surface area contributed by atoms with Gasteiger partial charge in [0.1, 0.15) is 0 Å². The Labute approximate surface area is 140 Å². The Morgan fingerprint density at radius 1 is 1.12 bits per heavy atom. The fraction of sp³-hybridized carbons (Fsp3) is 0.278. The summed E-state index contributed by atoms with van der Waals surface area (Å²) in [4.78, 5) is 14.1. The van der Waals surface area contributed by atoms with Gasteiger partial charge in [0.2, 0.25) is 5.91 Å². The molecule has 2 rings (SSSR count). The zero-order valence-corrected chi connectivity index (χ0v) is 14.0. The van der Waals surface area contributed by atoms with Crippen LogP contribution in [-0.4, -0.2) is 31.4 Å². The van der Waals surface area contributed by atoms with Gasteiger partial charge in [-0.2, -0.15) is 0 Å². The van der Waals surface area contributed by atoms with Gasteiger partial charge in [-0.1, -0.05) is 12.1 Å². The molecule has 0 saturated carbocycles. The van der Waals surface area contributed by atoms with E-state index < -0.39 is 11.6 Å². The van der Waals surface area contributed by atoms with Crippen molar-refractivity contribution >= 4 is 17.3 Å². The number of amides is 1. The van der Waals surface area contributed by atoms with Gasteiger partial charge in [0.25, 0.3) is 0 Å². The van der Waals surface area contributed by atoms with E-state index in [0.29, 0.717) is 5.69 Å². The maximum absolute atomic E-state index is 13.1. The van der Waals surface area contributed by atoms with E-state index in [-0.39, 0.29) is 12.5 Å². The highest BCUT2D eigenvalue weighted by Crippen LogP contribution is 2.20. The maximum atomic E-state index is 13.1. The number of rotatable bonds is 6.